The first-order chi connectivity index (χ1) is 15.4. The number of anilines is 2. The second kappa shape index (κ2) is 9.20. The smallest absolute Gasteiger partial charge is 0.414 e. The van der Waals surface area contributed by atoms with Crippen LogP contribution in [0.25, 0.3) is 11.1 Å². The van der Waals surface area contributed by atoms with Crippen LogP contribution in [-0.2, 0) is 14.2 Å². The van der Waals surface area contributed by atoms with Crippen LogP contribution in [0.15, 0.2) is 30.6 Å². The molecule has 2 aliphatic rings. The fourth-order valence-electron chi connectivity index (χ4n) is 4.26. The maximum atomic E-state index is 12.9. The van der Waals surface area contributed by atoms with Crippen molar-refractivity contribution >= 4 is 23.6 Å². The van der Waals surface area contributed by atoms with Gasteiger partial charge in [0.25, 0.3) is 0 Å². The maximum Gasteiger partial charge on any atom is 0.414 e. The summed E-state index contributed by atoms with van der Waals surface area (Å²) in [6.45, 7) is 7.29. The summed E-state index contributed by atoms with van der Waals surface area (Å²) in [4.78, 5) is 28.5. The van der Waals surface area contributed by atoms with E-state index in [0.717, 1.165) is 37.2 Å². The van der Waals surface area contributed by atoms with Crippen LogP contribution in [0.4, 0.5) is 21.0 Å². The number of carbonyl (C=O) groups is 2. The third-order valence-electron chi connectivity index (χ3n) is 5.84. The summed E-state index contributed by atoms with van der Waals surface area (Å²) in [5, 5.41) is 4.56. The lowest BCUT2D eigenvalue weighted by molar-refractivity contribution is 0.0662. The molecule has 1 aromatic carbocycles. The van der Waals surface area contributed by atoms with Gasteiger partial charge in [0.05, 0.1) is 49.4 Å². The lowest BCUT2D eigenvalue weighted by Gasteiger charge is -2.40. The Balaban J connectivity index is 1.71. The molecule has 0 bridgehead atoms. The topological polar surface area (TPSA) is 86.1 Å². The van der Waals surface area contributed by atoms with E-state index in [-0.39, 0.29) is 12.1 Å². The molecule has 2 aliphatic heterocycles. The first kappa shape index (κ1) is 22.1. The average Bonchev–Trinajstić information content (AvgIpc) is 3.28. The second-order valence-corrected chi connectivity index (χ2v) is 8.49. The highest BCUT2D eigenvalue weighted by molar-refractivity contribution is 6.01. The van der Waals surface area contributed by atoms with Gasteiger partial charge in [-0.3, -0.25) is 14.5 Å². The van der Waals surface area contributed by atoms with Crippen LogP contribution in [0.1, 0.15) is 39.7 Å². The van der Waals surface area contributed by atoms with E-state index in [1.54, 1.807) is 9.80 Å². The summed E-state index contributed by atoms with van der Waals surface area (Å²) in [5.41, 5.74) is 3.07. The van der Waals surface area contributed by atoms with E-state index in [1.807, 2.05) is 56.0 Å². The molecule has 1 atom stereocenters. The Hall–Kier alpha value is -3.07. The number of fused-ring (bicyclic) bond motifs is 1. The molecule has 1 fully saturated rings. The van der Waals surface area contributed by atoms with Crippen LogP contribution in [0.3, 0.4) is 0 Å². The predicted octanol–water partition coefficient (Wildman–Crippen LogP) is 4.23. The van der Waals surface area contributed by atoms with Crippen molar-refractivity contribution in [2.45, 2.75) is 51.8 Å². The highest BCUT2D eigenvalue weighted by atomic mass is 16.6. The molecule has 3 heterocycles. The first-order valence-electron chi connectivity index (χ1n) is 11.0. The molecule has 9 heteroatoms. The van der Waals surface area contributed by atoms with Crippen molar-refractivity contribution in [1.29, 1.82) is 0 Å². The minimum absolute atomic E-state index is 0.249. The fourth-order valence-corrected chi connectivity index (χ4v) is 4.26. The maximum absolute atomic E-state index is 12.9. The molecule has 0 spiro atoms. The van der Waals surface area contributed by atoms with Gasteiger partial charge < -0.3 is 14.2 Å². The van der Waals surface area contributed by atoms with Crippen molar-refractivity contribution in [3.05, 3.63) is 30.6 Å². The molecule has 9 nitrogen and oxygen atoms in total. The Morgan fingerprint density at radius 2 is 1.88 bits per heavy atom. The molecule has 2 aromatic rings. The Labute approximate surface area is 187 Å². The zero-order chi connectivity index (χ0) is 22.8. The number of methoxy groups -OCH3 is 1. The summed E-state index contributed by atoms with van der Waals surface area (Å²) in [6, 6.07) is 5.74. The quantitative estimate of drug-likeness (QED) is 0.707. The molecular formula is C23H30N4O5. The van der Waals surface area contributed by atoms with E-state index in [0.29, 0.717) is 24.0 Å². The van der Waals surface area contributed by atoms with Crippen molar-refractivity contribution in [3.63, 3.8) is 0 Å². The Morgan fingerprint density at radius 1 is 1.12 bits per heavy atom. The molecule has 1 saturated heterocycles. The highest BCUT2D eigenvalue weighted by Crippen LogP contribution is 2.39. The summed E-state index contributed by atoms with van der Waals surface area (Å²) in [7, 11) is 1.35. The number of amides is 2. The van der Waals surface area contributed by atoms with E-state index in [2.05, 4.69) is 5.10 Å². The van der Waals surface area contributed by atoms with Crippen LogP contribution >= 0.6 is 0 Å². The third kappa shape index (κ3) is 4.29. The lowest BCUT2D eigenvalue weighted by atomic mass is 10.0. The van der Waals surface area contributed by atoms with E-state index >= 15 is 0 Å². The van der Waals surface area contributed by atoms with Gasteiger partial charge in [-0.25, -0.2) is 9.59 Å². The van der Waals surface area contributed by atoms with Gasteiger partial charge in [-0.2, -0.15) is 5.10 Å². The van der Waals surface area contributed by atoms with E-state index in [9.17, 15) is 9.59 Å². The predicted molar refractivity (Wildman–Crippen MR) is 120 cm³/mol. The molecule has 172 valence electrons. The molecule has 0 aliphatic carbocycles. The Kier molecular flexibility index (Phi) is 6.36. The van der Waals surface area contributed by atoms with Gasteiger partial charge >= 0.3 is 12.2 Å². The normalized spacial score (nSPS) is 19.1. The minimum atomic E-state index is -0.462. The van der Waals surface area contributed by atoms with Gasteiger partial charge in [-0.15, -0.1) is 0 Å². The lowest BCUT2D eigenvalue weighted by Crippen LogP contribution is -2.52. The van der Waals surface area contributed by atoms with Gasteiger partial charge in [0, 0.05) is 25.0 Å². The summed E-state index contributed by atoms with van der Waals surface area (Å²) < 4.78 is 17.9. The molecule has 32 heavy (non-hydrogen) atoms. The summed E-state index contributed by atoms with van der Waals surface area (Å²) >= 11 is 0. The van der Waals surface area contributed by atoms with Crippen molar-refractivity contribution in [1.82, 2.24) is 9.78 Å². The van der Waals surface area contributed by atoms with Crippen LogP contribution < -0.4 is 9.80 Å². The first-order valence-corrected chi connectivity index (χ1v) is 11.0. The van der Waals surface area contributed by atoms with Crippen LogP contribution in [-0.4, -0.2) is 61.0 Å². The number of carbonyl (C=O) groups excluding carboxylic acids is 2. The van der Waals surface area contributed by atoms with Crippen LogP contribution in [0.2, 0.25) is 0 Å². The van der Waals surface area contributed by atoms with Crippen LogP contribution in [0, 0.1) is 0 Å². The standard InChI is InChI=1S/C23H30N4O5/c1-15(2)32-22(28)25-13-16(3)27(23(29)30-4)20-6-5-17(11-21(20)25)18-12-24-26(14-18)19-7-9-31-10-8-19/h5-6,11-12,14-16,19H,7-10,13H2,1-4H3. The summed E-state index contributed by atoms with van der Waals surface area (Å²) in [5.74, 6) is 0. The SMILES string of the molecule is COC(=O)N1c2ccc(-c3cnn(C4CCOCC4)c3)cc2N(C(=O)OC(C)C)CC1C. The average molecular weight is 443 g/mol. The molecule has 2 amide bonds. The number of nitrogens with zero attached hydrogens (tertiary/aromatic N) is 4. The molecule has 0 radical (unpaired) electrons. The van der Waals surface area contributed by atoms with Gasteiger partial charge in [-0.1, -0.05) is 6.07 Å². The zero-order valence-electron chi connectivity index (χ0n) is 19.0. The zero-order valence-corrected chi connectivity index (χ0v) is 19.0. The molecule has 0 N–H and O–H groups in total. The van der Waals surface area contributed by atoms with Crippen molar-refractivity contribution in [3.8, 4) is 11.1 Å². The van der Waals surface area contributed by atoms with E-state index in [4.69, 9.17) is 14.2 Å². The number of hydrogen-bond donors (Lipinski definition) is 0. The van der Waals surface area contributed by atoms with Gasteiger partial charge in [-0.05, 0) is 51.3 Å². The largest absolute Gasteiger partial charge is 0.452 e. The number of rotatable bonds is 3. The fraction of sp³-hybridized carbons (Fsp3) is 0.522. The third-order valence-corrected chi connectivity index (χ3v) is 5.84. The number of hydrogen-bond acceptors (Lipinski definition) is 6. The van der Waals surface area contributed by atoms with Gasteiger partial charge in [0.1, 0.15) is 0 Å². The number of benzene rings is 1. The van der Waals surface area contributed by atoms with E-state index in [1.165, 1.54) is 7.11 Å². The molecule has 1 unspecified atom stereocenters. The minimum Gasteiger partial charge on any atom is -0.452 e. The number of ether oxygens (including phenoxy) is 3. The second-order valence-electron chi connectivity index (χ2n) is 8.49. The van der Waals surface area contributed by atoms with Gasteiger partial charge in [0.15, 0.2) is 0 Å². The van der Waals surface area contributed by atoms with Crippen molar-refractivity contribution < 1.29 is 23.8 Å². The van der Waals surface area contributed by atoms with Gasteiger partial charge in [0.2, 0.25) is 0 Å². The summed E-state index contributed by atoms with van der Waals surface area (Å²) in [6.07, 6.45) is 4.58. The number of aromatic nitrogens is 2. The van der Waals surface area contributed by atoms with Crippen molar-refractivity contribution in [2.24, 2.45) is 0 Å². The molecular weight excluding hydrogens is 412 g/mol. The van der Waals surface area contributed by atoms with Crippen LogP contribution in [0.5, 0.6) is 0 Å². The van der Waals surface area contributed by atoms with Crippen molar-refractivity contribution in [2.75, 3.05) is 36.7 Å². The molecule has 1 aromatic heterocycles. The van der Waals surface area contributed by atoms with E-state index < -0.39 is 12.2 Å². The Bertz CT molecular complexity index is 983. The molecule has 4 rings (SSSR count). The molecule has 0 saturated carbocycles. The highest BCUT2D eigenvalue weighted by Gasteiger charge is 2.36. The monoisotopic (exact) mass is 442 g/mol. The Morgan fingerprint density at radius 3 is 2.56 bits per heavy atom.